The molecule has 0 saturated heterocycles. The van der Waals surface area contributed by atoms with Gasteiger partial charge in [-0.25, -0.2) is 0 Å². The molecule has 1 aliphatic rings. The number of rotatable bonds is 4. The second kappa shape index (κ2) is 6.54. The predicted molar refractivity (Wildman–Crippen MR) is 84.0 cm³/mol. The number of nitrogens with one attached hydrogen (secondary N) is 1. The molecule has 0 heterocycles. The Morgan fingerprint density at radius 3 is 2.68 bits per heavy atom. The minimum absolute atomic E-state index is 0.360. The standard InChI is InChI=1S/C15H19ClN2S/c1-19-15(7-3-2-4-8-15)11-18-13-6-5-12(10-17)14(16)9-13/h5-6,9,18H,2-4,7-8,11H2,1H3. The van der Waals surface area contributed by atoms with Crippen molar-refractivity contribution in [3.8, 4) is 6.07 Å². The van der Waals surface area contributed by atoms with Crippen LogP contribution in [0.1, 0.15) is 37.7 Å². The van der Waals surface area contributed by atoms with E-state index in [9.17, 15) is 0 Å². The van der Waals surface area contributed by atoms with E-state index in [1.807, 2.05) is 23.9 Å². The summed E-state index contributed by atoms with van der Waals surface area (Å²) in [6.45, 7) is 0.969. The molecule has 0 radical (unpaired) electrons. The molecule has 1 fully saturated rings. The first-order valence-electron chi connectivity index (χ1n) is 6.68. The van der Waals surface area contributed by atoms with Crippen LogP contribution >= 0.6 is 23.4 Å². The van der Waals surface area contributed by atoms with Crippen molar-refractivity contribution in [1.29, 1.82) is 5.26 Å². The number of halogens is 1. The molecule has 0 spiro atoms. The molecular formula is C15H19ClN2S. The number of nitriles is 1. The predicted octanol–water partition coefficient (Wildman–Crippen LogP) is 4.69. The monoisotopic (exact) mass is 294 g/mol. The maximum absolute atomic E-state index is 8.86. The lowest BCUT2D eigenvalue weighted by atomic mass is 9.88. The molecule has 1 aliphatic carbocycles. The second-order valence-corrected chi connectivity index (χ2v) is 6.79. The zero-order valence-corrected chi connectivity index (χ0v) is 12.8. The molecule has 2 rings (SSSR count). The van der Waals surface area contributed by atoms with Crippen molar-refractivity contribution in [2.75, 3.05) is 18.1 Å². The Morgan fingerprint density at radius 2 is 2.11 bits per heavy atom. The molecule has 102 valence electrons. The molecule has 0 aliphatic heterocycles. The van der Waals surface area contributed by atoms with Gasteiger partial charge in [-0.15, -0.1) is 0 Å². The van der Waals surface area contributed by atoms with Gasteiger partial charge in [-0.3, -0.25) is 0 Å². The Bertz CT molecular complexity index is 476. The summed E-state index contributed by atoms with van der Waals surface area (Å²) >= 11 is 8.03. The summed E-state index contributed by atoms with van der Waals surface area (Å²) < 4.78 is 0.360. The number of hydrogen-bond acceptors (Lipinski definition) is 3. The number of anilines is 1. The number of nitrogens with zero attached hydrogens (tertiary/aromatic N) is 1. The molecule has 0 bridgehead atoms. The van der Waals surface area contributed by atoms with E-state index >= 15 is 0 Å². The second-order valence-electron chi connectivity index (χ2n) is 5.11. The fourth-order valence-electron chi connectivity index (χ4n) is 2.63. The summed E-state index contributed by atoms with van der Waals surface area (Å²) in [4.78, 5) is 0. The van der Waals surface area contributed by atoms with E-state index in [0.717, 1.165) is 12.2 Å². The van der Waals surface area contributed by atoms with Gasteiger partial charge in [0.25, 0.3) is 0 Å². The van der Waals surface area contributed by atoms with Gasteiger partial charge in [-0.05, 0) is 37.3 Å². The first-order valence-corrected chi connectivity index (χ1v) is 8.28. The molecule has 0 atom stereocenters. The van der Waals surface area contributed by atoms with E-state index in [2.05, 4.69) is 17.6 Å². The first-order chi connectivity index (χ1) is 9.19. The Labute approximate surface area is 124 Å². The van der Waals surface area contributed by atoms with Gasteiger partial charge in [0.05, 0.1) is 10.6 Å². The summed E-state index contributed by atoms with van der Waals surface area (Å²) in [5, 5.41) is 12.9. The highest BCUT2D eigenvalue weighted by Gasteiger charge is 2.30. The third kappa shape index (κ3) is 3.58. The normalized spacial score (nSPS) is 17.7. The molecular weight excluding hydrogens is 276 g/mol. The molecule has 0 unspecified atom stereocenters. The van der Waals surface area contributed by atoms with Crippen molar-refractivity contribution in [3.05, 3.63) is 28.8 Å². The van der Waals surface area contributed by atoms with Gasteiger partial charge in [-0.2, -0.15) is 17.0 Å². The van der Waals surface area contributed by atoms with E-state index in [1.54, 1.807) is 6.07 Å². The third-order valence-corrected chi connectivity index (χ3v) is 5.63. The van der Waals surface area contributed by atoms with Gasteiger partial charge in [0, 0.05) is 17.0 Å². The third-order valence-electron chi connectivity index (χ3n) is 3.90. The zero-order chi connectivity index (χ0) is 13.7. The van der Waals surface area contributed by atoms with E-state index in [1.165, 1.54) is 32.1 Å². The minimum Gasteiger partial charge on any atom is -0.384 e. The molecule has 0 aromatic heterocycles. The SMILES string of the molecule is CSC1(CNc2ccc(C#N)c(Cl)c2)CCCCC1. The van der Waals surface area contributed by atoms with Crippen molar-refractivity contribution < 1.29 is 0 Å². The smallest absolute Gasteiger partial charge is 0.101 e. The van der Waals surface area contributed by atoms with Gasteiger partial charge in [0.2, 0.25) is 0 Å². The van der Waals surface area contributed by atoms with Crippen LogP contribution in [0.15, 0.2) is 18.2 Å². The molecule has 1 saturated carbocycles. The van der Waals surface area contributed by atoms with Crippen LogP contribution in [0.3, 0.4) is 0 Å². The van der Waals surface area contributed by atoms with Crippen molar-refractivity contribution >= 4 is 29.1 Å². The average Bonchev–Trinajstić information content (AvgIpc) is 2.46. The summed E-state index contributed by atoms with van der Waals surface area (Å²) in [6, 6.07) is 7.63. The largest absolute Gasteiger partial charge is 0.384 e. The fourth-order valence-corrected chi connectivity index (χ4v) is 3.76. The van der Waals surface area contributed by atoms with Crippen molar-refractivity contribution in [1.82, 2.24) is 0 Å². The van der Waals surface area contributed by atoms with E-state index in [0.29, 0.717) is 15.3 Å². The molecule has 19 heavy (non-hydrogen) atoms. The molecule has 1 aromatic carbocycles. The lowest BCUT2D eigenvalue weighted by Gasteiger charge is -2.36. The Hall–Kier alpha value is -0.850. The van der Waals surface area contributed by atoms with E-state index in [-0.39, 0.29) is 0 Å². The highest BCUT2D eigenvalue weighted by Crippen LogP contribution is 2.38. The lowest BCUT2D eigenvalue weighted by molar-refractivity contribution is 0.411. The Balaban J connectivity index is 2.01. The maximum atomic E-state index is 8.86. The highest BCUT2D eigenvalue weighted by molar-refractivity contribution is 8.00. The molecule has 4 heteroatoms. The van der Waals surface area contributed by atoms with Crippen molar-refractivity contribution in [2.45, 2.75) is 36.9 Å². The van der Waals surface area contributed by atoms with Gasteiger partial charge in [0.1, 0.15) is 6.07 Å². The molecule has 2 nitrogen and oxygen atoms in total. The topological polar surface area (TPSA) is 35.8 Å². The molecule has 1 aromatic rings. The Kier molecular flexibility index (Phi) is 5.01. The number of benzene rings is 1. The lowest BCUT2D eigenvalue weighted by Crippen LogP contribution is -2.35. The number of thioether (sulfide) groups is 1. The van der Waals surface area contributed by atoms with Crippen LogP contribution in [-0.2, 0) is 0 Å². The van der Waals surface area contributed by atoms with Crippen molar-refractivity contribution in [3.63, 3.8) is 0 Å². The zero-order valence-electron chi connectivity index (χ0n) is 11.2. The molecule has 0 amide bonds. The van der Waals surface area contributed by atoms with Gasteiger partial charge in [-0.1, -0.05) is 30.9 Å². The van der Waals surface area contributed by atoms with Crippen LogP contribution in [0.25, 0.3) is 0 Å². The average molecular weight is 295 g/mol. The van der Waals surface area contributed by atoms with E-state index < -0.39 is 0 Å². The fraction of sp³-hybridized carbons (Fsp3) is 0.533. The van der Waals surface area contributed by atoms with Crippen LogP contribution in [0, 0.1) is 11.3 Å². The summed E-state index contributed by atoms with van der Waals surface area (Å²) in [5.41, 5.74) is 1.53. The van der Waals surface area contributed by atoms with Crippen LogP contribution < -0.4 is 5.32 Å². The quantitative estimate of drug-likeness (QED) is 0.875. The van der Waals surface area contributed by atoms with Gasteiger partial charge >= 0.3 is 0 Å². The van der Waals surface area contributed by atoms with Gasteiger partial charge < -0.3 is 5.32 Å². The van der Waals surface area contributed by atoms with Crippen LogP contribution in [0.4, 0.5) is 5.69 Å². The van der Waals surface area contributed by atoms with Crippen LogP contribution in [0.5, 0.6) is 0 Å². The summed E-state index contributed by atoms with van der Waals surface area (Å²) in [5.74, 6) is 0. The summed E-state index contributed by atoms with van der Waals surface area (Å²) in [7, 11) is 0. The van der Waals surface area contributed by atoms with Crippen LogP contribution in [-0.4, -0.2) is 17.5 Å². The maximum Gasteiger partial charge on any atom is 0.101 e. The minimum atomic E-state index is 0.360. The summed E-state index contributed by atoms with van der Waals surface area (Å²) in [6.07, 6.45) is 8.80. The van der Waals surface area contributed by atoms with Crippen molar-refractivity contribution in [2.24, 2.45) is 0 Å². The van der Waals surface area contributed by atoms with Gasteiger partial charge in [0.15, 0.2) is 0 Å². The number of hydrogen-bond donors (Lipinski definition) is 1. The molecule has 1 N–H and O–H groups in total. The van der Waals surface area contributed by atoms with Crippen LogP contribution in [0.2, 0.25) is 5.02 Å². The Morgan fingerprint density at radius 1 is 1.37 bits per heavy atom. The van der Waals surface area contributed by atoms with E-state index in [4.69, 9.17) is 16.9 Å². The first kappa shape index (κ1) is 14.6. The highest BCUT2D eigenvalue weighted by atomic mass is 35.5.